The number of hydrogen-bond acceptors (Lipinski definition) is 1. The molecule has 1 heterocycles. The lowest BCUT2D eigenvalue weighted by Crippen LogP contribution is -2.30. The predicted octanol–water partition coefficient (Wildman–Crippen LogP) is 4.69. The maximum Gasteiger partial charge on any atom is 0.0624 e. The summed E-state index contributed by atoms with van der Waals surface area (Å²) in [6.07, 6.45) is 5.87. The zero-order valence-corrected chi connectivity index (χ0v) is 14.2. The minimum absolute atomic E-state index is 0.343. The van der Waals surface area contributed by atoms with Gasteiger partial charge in [0.05, 0.1) is 5.69 Å². The minimum atomic E-state index is 0.343. The monoisotopic (exact) mass is 296 g/mol. The zero-order chi connectivity index (χ0) is 14.7. The van der Waals surface area contributed by atoms with Crippen LogP contribution in [0.2, 0.25) is 0 Å². The van der Waals surface area contributed by atoms with E-state index in [-0.39, 0.29) is 0 Å². The first-order chi connectivity index (χ1) is 9.55. The van der Waals surface area contributed by atoms with Crippen LogP contribution in [0, 0.1) is 17.8 Å². The first kappa shape index (κ1) is 15.9. The molecule has 114 valence electrons. The van der Waals surface area contributed by atoms with Crippen molar-refractivity contribution in [3.05, 3.63) is 17.5 Å². The Morgan fingerprint density at radius 3 is 2.70 bits per heavy atom. The van der Waals surface area contributed by atoms with Gasteiger partial charge in [0.2, 0.25) is 0 Å². The van der Waals surface area contributed by atoms with Crippen molar-refractivity contribution in [2.45, 2.75) is 71.7 Å². The Hall–Kier alpha value is -0.500. The summed E-state index contributed by atoms with van der Waals surface area (Å²) in [6.45, 7) is 10.0. The lowest BCUT2D eigenvalue weighted by atomic mass is 9.74. The summed E-state index contributed by atoms with van der Waals surface area (Å²) in [6, 6.07) is 2.28. The molecule has 0 spiro atoms. The first-order valence-electron chi connectivity index (χ1n) is 8.24. The second-order valence-electron chi connectivity index (χ2n) is 6.59. The maximum atomic E-state index is 6.61. The summed E-state index contributed by atoms with van der Waals surface area (Å²) in [4.78, 5) is 0. The molecule has 3 unspecified atom stereocenters. The van der Waals surface area contributed by atoms with Crippen molar-refractivity contribution in [1.29, 1.82) is 0 Å². The molecule has 2 nitrogen and oxygen atoms in total. The molecule has 2 rings (SSSR count). The van der Waals surface area contributed by atoms with Gasteiger partial charge in [0.25, 0.3) is 0 Å². The molecule has 1 aliphatic rings. The maximum absolute atomic E-state index is 6.61. The van der Waals surface area contributed by atoms with Gasteiger partial charge in [-0.05, 0) is 62.8 Å². The summed E-state index contributed by atoms with van der Waals surface area (Å²) in [7, 11) is 0. The van der Waals surface area contributed by atoms with E-state index in [2.05, 4.69) is 43.5 Å². The van der Waals surface area contributed by atoms with E-state index in [0.29, 0.717) is 11.3 Å². The second kappa shape index (κ2) is 6.98. The molecule has 3 atom stereocenters. The van der Waals surface area contributed by atoms with Crippen molar-refractivity contribution in [3.63, 3.8) is 0 Å². The molecule has 1 aliphatic carbocycles. The van der Waals surface area contributed by atoms with Crippen molar-refractivity contribution in [2.24, 2.45) is 17.8 Å². The van der Waals surface area contributed by atoms with E-state index in [9.17, 15) is 0 Å². The lowest BCUT2D eigenvalue weighted by Gasteiger charge is -2.35. The van der Waals surface area contributed by atoms with Gasteiger partial charge in [-0.2, -0.15) is 5.10 Å². The zero-order valence-electron chi connectivity index (χ0n) is 13.4. The standard InChI is InChI=1S/C17H29ClN2/c1-5-15-11-16(20(6-2)19-15)10-14-9-13(12(3)4)7-8-17(14)18/h11-14,17H,5-10H2,1-4H3. The van der Waals surface area contributed by atoms with Crippen LogP contribution in [0.25, 0.3) is 0 Å². The average Bonchev–Trinajstić information content (AvgIpc) is 2.83. The van der Waals surface area contributed by atoms with Crippen LogP contribution >= 0.6 is 11.6 Å². The molecule has 0 saturated heterocycles. The highest BCUT2D eigenvalue weighted by Crippen LogP contribution is 2.38. The van der Waals surface area contributed by atoms with Crippen LogP contribution < -0.4 is 0 Å². The number of rotatable bonds is 5. The molecule has 0 N–H and O–H groups in total. The van der Waals surface area contributed by atoms with Gasteiger partial charge in [0, 0.05) is 17.6 Å². The van der Waals surface area contributed by atoms with Crippen LogP contribution in [0.4, 0.5) is 0 Å². The molecule has 1 aromatic rings. The SMILES string of the molecule is CCc1cc(CC2CC(C(C)C)CCC2Cl)n(CC)n1. The Morgan fingerprint density at radius 2 is 2.10 bits per heavy atom. The van der Waals surface area contributed by atoms with Gasteiger partial charge in [-0.3, -0.25) is 4.68 Å². The number of hydrogen-bond donors (Lipinski definition) is 0. The number of aryl methyl sites for hydroxylation is 2. The van der Waals surface area contributed by atoms with Crippen molar-refractivity contribution in [1.82, 2.24) is 9.78 Å². The molecule has 0 radical (unpaired) electrons. The normalized spacial score (nSPS) is 27.2. The molecule has 20 heavy (non-hydrogen) atoms. The van der Waals surface area contributed by atoms with Crippen LogP contribution in [0.15, 0.2) is 6.07 Å². The Kier molecular flexibility index (Phi) is 5.54. The summed E-state index contributed by atoms with van der Waals surface area (Å²) in [5, 5.41) is 5.01. The minimum Gasteiger partial charge on any atom is -0.270 e. The number of nitrogens with zero attached hydrogens (tertiary/aromatic N) is 2. The molecule has 0 aromatic carbocycles. The van der Waals surface area contributed by atoms with Crippen molar-refractivity contribution < 1.29 is 0 Å². The molecule has 0 amide bonds. The highest BCUT2D eigenvalue weighted by Gasteiger charge is 2.31. The van der Waals surface area contributed by atoms with E-state index in [4.69, 9.17) is 11.6 Å². The molecule has 0 aliphatic heterocycles. The number of aromatic nitrogens is 2. The quantitative estimate of drug-likeness (QED) is 0.721. The third-order valence-corrected chi connectivity index (χ3v) is 5.49. The van der Waals surface area contributed by atoms with Gasteiger partial charge in [0.15, 0.2) is 0 Å². The largest absolute Gasteiger partial charge is 0.270 e. The van der Waals surface area contributed by atoms with Crippen molar-refractivity contribution in [2.75, 3.05) is 0 Å². The lowest BCUT2D eigenvalue weighted by molar-refractivity contribution is 0.216. The molecular formula is C17H29ClN2. The molecule has 0 bridgehead atoms. The Labute approximate surface area is 128 Å². The third-order valence-electron chi connectivity index (χ3n) is 4.92. The van der Waals surface area contributed by atoms with Crippen LogP contribution in [0.1, 0.15) is 58.3 Å². The number of halogens is 1. The Bertz CT molecular complexity index is 425. The van der Waals surface area contributed by atoms with Crippen molar-refractivity contribution in [3.8, 4) is 0 Å². The van der Waals surface area contributed by atoms with Gasteiger partial charge >= 0.3 is 0 Å². The summed E-state index contributed by atoms with van der Waals surface area (Å²) >= 11 is 6.61. The van der Waals surface area contributed by atoms with E-state index >= 15 is 0 Å². The van der Waals surface area contributed by atoms with E-state index in [0.717, 1.165) is 31.2 Å². The predicted molar refractivity (Wildman–Crippen MR) is 86.3 cm³/mol. The molecule has 1 fully saturated rings. The van der Waals surface area contributed by atoms with Crippen LogP contribution in [0.3, 0.4) is 0 Å². The highest BCUT2D eigenvalue weighted by atomic mass is 35.5. The third kappa shape index (κ3) is 3.58. The van der Waals surface area contributed by atoms with E-state index < -0.39 is 0 Å². The fourth-order valence-electron chi connectivity index (χ4n) is 3.47. The second-order valence-corrected chi connectivity index (χ2v) is 7.15. The van der Waals surface area contributed by atoms with Crippen LogP contribution in [-0.4, -0.2) is 15.2 Å². The first-order valence-corrected chi connectivity index (χ1v) is 8.68. The summed E-state index contributed by atoms with van der Waals surface area (Å²) in [5.74, 6) is 2.24. The van der Waals surface area contributed by atoms with Crippen LogP contribution in [-0.2, 0) is 19.4 Å². The van der Waals surface area contributed by atoms with Gasteiger partial charge < -0.3 is 0 Å². The van der Waals surface area contributed by atoms with E-state index in [1.807, 2.05) is 0 Å². The molecule has 1 saturated carbocycles. The smallest absolute Gasteiger partial charge is 0.0624 e. The van der Waals surface area contributed by atoms with Gasteiger partial charge in [-0.15, -0.1) is 11.6 Å². The van der Waals surface area contributed by atoms with E-state index in [1.165, 1.54) is 30.7 Å². The van der Waals surface area contributed by atoms with Crippen LogP contribution in [0.5, 0.6) is 0 Å². The van der Waals surface area contributed by atoms with Gasteiger partial charge in [-0.25, -0.2) is 0 Å². The average molecular weight is 297 g/mol. The fraction of sp³-hybridized carbons (Fsp3) is 0.824. The van der Waals surface area contributed by atoms with E-state index in [1.54, 1.807) is 0 Å². The Morgan fingerprint density at radius 1 is 1.35 bits per heavy atom. The summed E-state index contributed by atoms with van der Waals surface area (Å²) in [5.41, 5.74) is 2.59. The van der Waals surface area contributed by atoms with Crippen molar-refractivity contribution >= 4 is 11.6 Å². The topological polar surface area (TPSA) is 17.8 Å². The fourth-order valence-corrected chi connectivity index (χ4v) is 3.79. The van der Waals surface area contributed by atoms with Gasteiger partial charge in [0.1, 0.15) is 0 Å². The molecule has 1 aromatic heterocycles. The molecular weight excluding hydrogens is 268 g/mol. The summed E-state index contributed by atoms with van der Waals surface area (Å²) < 4.78 is 2.17. The molecule has 3 heteroatoms. The Balaban J connectivity index is 2.09. The van der Waals surface area contributed by atoms with Gasteiger partial charge in [-0.1, -0.05) is 20.8 Å². The number of alkyl halides is 1. The highest BCUT2D eigenvalue weighted by molar-refractivity contribution is 6.20.